The molecule has 3 rings (SSSR count). The number of nitrogens with one attached hydrogen (secondary N) is 1. The Morgan fingerprint density at radius 3 is 2.43 bits per heavy atom. The van der Waals surface area contributed by atoms with Crippen LogP contribution >= 0.6 is 0 Å². The van der Waals surface area contributed by atoms with Crippen molar-refractivity contribution >= 4 is 29.9 Å². The van der Waals surface area contributed by atoms with E-state index >= 15 is 0 Å². The van der Waals surface area contributed by atoms with Crippen LogP contribution in [-0.2, 0) is 41.8 Å². The molecule has 1 N–H and O–H groups in total. The van der Waals surface area contributed by atoms with E-state index in [-0.39, 0.29) is 38.2 Å². The number of amides is 2. The molecule has 0 aliphatic carbocycles. The minimum absolute atomic E-state index is 0.114. The Kier molecular flexibility index (Phi) is 12.9. The van der Waals surface area contributed by atoms with Crippen molar-refractivity contribution in [2.24, 2.45) is 11.0 Å². The zero-order valence-corrected chi connectivity index (χ0v) is 29.2. The second kappa shape index (κ2) is 16.5. The maximum Gasteiger partial charge on any atom is 0.413 e. The lowest BCUT2D eigenvalue weighted by Gasteiger charge is -2.34. The van der Waals surface area contributed by atoms with Gasteiger partial charge < -0.3 is 29.0 Å². The van der Waals surface area contributed by atoms with Crippen molar-refractivity contribution in [1.29, 1.82) is 0 Å². The number of hydrogen-bond acceptors (Lipinski definition) is 11. The van der Waals surface area contributed by atoms with Gasteiger partial charge in [0.15, 0.2) is 11.7 Å². The Morgan fingerprint density at radius 2 is 1.80 bits per heavy atom. The van der Waals surface area contributed by atoms with E-state index in [1.165, 1.54) is 15.5 Å². The average molecular weight is 684 g/mol. The van der Waals surface area contributed by atoms with E-state index in [1.54, 1.807) is 61.5 Å². The number of rotatable bonds is 13. The molecule has 2 amide bonds. The van der Waals surface area contributed by atoms with Crippen molar-refractivity contribution in [2.45, 2.75) is 91.7 Å². The number of alkyl carbamates (subject to hydrolysis) is 1. The number of ketones is 1. The van der Waals surface area contributed by atoms with Gasteiger partial charge in [0, 0.05) is 11.5 Å². The first-order valence-corrected chi connectivity index (χ1v) is 15.6. The Balaban J connectivity index is 1.78. The molecule has 1 aromatic carbocycles. The summed E-state index contributed by atoms with van der Waals surface area (Å²) in [5, 5.41) is 5.99. The van der Waals surface area contributed by atoms with Crippen molar-refractivity contribution in [3.05, 3.63) is 70.4 Å². The van der Waals surface area contributed by atoms with Crippen LogP contribution in [0, 0.1) is 5.92 Å². The molecule has 16 heteroatoms. The standard InChI is InChI=1S/C33H45N7O9/c1-31(2,3)48-29(43)36-17-24(26(41)25-18-35-28(37-38-34)39(25)21-45-19-22-13-10-9-11-14-22)27(42)46-16-12-15-23-20-47-33(7,8)40(23)30(44)49-32(4,5)6/h9-15,18,23-24H,16-17,19-21H2,1-8H3,(H,36,43)/b15-12+/t23-,24?/m0/s1. The summed E-state index contributed by atoms with van der Waals surface area (Å²) < 4.78 is 29.0. The highest BCUT2D eigenvalue weighted by Crippen LogP contribution is 2.30. The Hall–Kier alpha value is -4.92. The third-order valence-corrected chi connectivity index (χ3v) is 6.79. The molecule has 1 unspecified atom stereocenters. The van der Waals surface area contributed by atoms with Gasteiger partial charge >= 0.3 is 18.2 Å². The number of benzene rings is 1. The molecule has 0 spiro atoms. The van der Waals surface area contributed by atoms with Gasteiger partial charge in [-0.3, -0.25) is 19.1 Å². The molecule has 2 atom stereocenters. The SMILES string of the molecule is CC(C)(C)OC(=O)NCC(C(=O)OC/C=C/[C@H]1COC(C)(C)N1C(=O)OC(C)(C)C)C(=O)c1cnc(N=[N+]=[N-])n1COCc1ccccc1. The number of hydrogen-bond donors (Lipinski definition) is 1. The smallest absolute Gasteiger partial charge is 0.413 e. The van der Waals surface area contributed by atoms with Crippen molar-refractivity contribution in [3.8, 4) is 0 Å². The highest BCUT2D eigenvalue weighted by molar-refractivity contribution is 6.08. The molecular weight excluding hydrogens is 638 g/mol. The predicted octanol–water partition coefficient (Wildman–Crippen LogP) is 5.79. The summed E-state index contributed by atoms with van der Waals surface area (Å²) in [7, 11) is 0. The van der Waals surface area contributed by atoms with Crippen LogP contribution in [0.2, 0.25) is 0 Å². The molecule has 0 saturated carbocycles. The first-order valence-electron chi connectivity index (χ1n) is 15.6. The predicted molar refractivity (Wildman–Crippen MR) is 176 cm³/mol. The number of nitrogens with zero attached hydrogens (tertiary/aromatic N) is 6. The maximum absolute atomic E-state index is 13.9. The molecule has 2 heterocycles. The summed E-state index contributed by atoms with van der Waals surface area (Å²) in [5.41, 5.74) is 7.30. The van der Waals surface area contributed by atoms with Crippen LogP contribution in [0.1, 0.15) is 71.4 Å². The lowest BCUT2D eigenvalue weighted by atomic mass is 10.0. The monoisotopic (exact) mass is 683 g/mol. The van der Waals surface area contributed by atoms with Gasteiger partial charge in [-0.25, -0.2) is 14.6 Å². The zero-order valence-electron chi connectivity index (χ0n) is 29.2. The molecule has 16 nitrogen and oxygen atoms in total. The van der Waals surface area contributed by atoms with E-state index in [2.05, 4.69) is 20.3 Å². The lowest BCUT2D eigenvalue weighted by Crippen LogP contribution is -2.49. The summed E-state index contributed by atoms with van der Waals surface area (Å²) in [6, 6.07) is 8.75. The molecule has 0 radical (unpaired) electrons. The van der Waals surface area contributed by atoms with Crippen LogP contribution in [-0.4, -0.2) is 81.1 Å². The Bertz CT molecular complexity index is 1550. The molecule has 49 heavy (non-hydrogen) atoms. The van der Waals surface area contributed by atoms with Gasteiger partial charge in [-0.1, -0.05) is 36.4 Å². The van der Waals surface area contributed by atoms with Gasteiger partial charge in [-0.15, -0.1) is 0 Å². The van der Waals surface area contributed by atoms with Crippen molar-refractivity contribution in [3.63, 3.8) is 0 Å². The molecule has 266 valence electrons. The third-order valence-electron chi connectivity index (χ3n) is 6.79. The van der Waals surface area contributed by atoms with Gasteiger partial charge in [0.05, 0.1) is 25.5 Å². The van der Waals surface area contributed by atoms with E-state index in [0.717, 1.165) is 11.8 Å². The number of carbonyl (C=O) groups excluding carboxylic acids is 4. The molecule has 0 bridgehead atoms. The molecule has 1 aromatic heterocycles. The summed E-state index contributed by atoms with van der Waals surface area (Å²) in [4.78, 5) is 60.9. The molecule has 1 saturated heterocycles. The van der Waals surface area contributed by atoms with E-state index in [4.69, 9.17) is 29.2 Å². The largest absolute Gasteiger partial charge is 0.461 e. The van der Waals surface area contributed by atoms with E-state index in [9.17, 15) is 19.2 Å². The fourth-order valence-corrected chi connectivity index (χ4v) is 4.68. The van der Waals surface area contributed by atoms with E-state index in [0.29, 0.717) is 0 Å². The van der Waals surface area contributed by atoms with Crippen molar-refractivity contribution in [1.82, 2.24) is 19.8 Å². The summed E-state index contributed by atoms with van der Waals surface area (Å²) in [6.45, 7) is 13.2. The summed E-state index contributed by atoms with van der Waals surface area (Å²) in [5.74, 6) is -3.44. The Morgan fingerprint density at radius 1 is 1.12 bits per heavy atom. The highest BCUT2D eigenvalue weighted by atomic mass is 16.6. The number of azide groups is 1. The van der Waals surface area contributed by atoms with Crippen molar-refractivity contribution < 1.29 is 42.9 Å². The van der Waals surface area contributed by atoms with Crippen molar-refractivity contribution in [2.75, 3.05) is 19.8 Å². The number of ether oxygens (including phenoxy) is 5. The first-order chi connectivity index (χ1) is 22.9. The minimum atomic E-state index is -1.54. The van der Waals surface area contributed by atoms with E-state index < -0.39 is 59.4 Å². The molecule has 1 fully saturated rings. The zero-order chi connectivity index (χ0) is 36.4. The number of imidazole rings is 1. The number of aromatic nitrogens is 2. The van der Waals surface area contributed by atoms with Crippen LogP contribution in [0.15, 0.2) is 53.8 Å². The third kappa shape index (κ3) is 11.6. The number of esters is 1. The van der Waals surface area contributed by atoms with Gasteiger partial charge in [0.2, 0.25) is 0 Å². The van der Waals surface area contributed by atoms with Gasteiger partial charge in [0.25, 0.3) is 0 Å². The second-order valence-electron chi connectivity index (χ2n) is 13.6. The molecular formula is C33H45N7O9. The first kappa shape index (κ1) is 38.5. The maximum atomic E-state index is 13.9. The quantitative estimate of drug-likeness (QED) is 0.0394. The van der Waals surface area contributed by atoms with Crippen LogP contribution in [0.25, 0.3) is 10.4 Å². The second-order valence-corrected chi connectivity index (χ2v) is 13.6. The van der Waals surface area contributed by atoms with Gasteiger partial charge in [-0.05, 0) is 77.7 Å². The topological polar surface area (TPSA) is 196 Å². The number of carbonyl (C=O) groups is 4. The average Bonchev–Trinajstić information content (AvgIpc) is 3.53. The van der Waals surface area contributed by atoms with Crippen LogP contribution < -0.4 is 5.32 Å². The van der Waals surface area contributed by atoms with Crippen LogP contribution in [0.5, 0.6) is 0 Å². The molecule has 2 aromatic rings. The van der Waals surface area contributed by atoms with Crippen LogP contribution in [0.3, 0.4) is 0 Å². The normalized spacial score (nSPS) is 16.5. The molecule has 1 aliphatic rings. The summed E-state index contributed by atoms with van der Waals surface area (Å²) >= 11 is 0. The van der Waals surface area contributed by atoms with Crippen LogP contribution in [0.4, 0.5) is 15.5 Å². The fourth-order valence-electron chi connectivity index (χ4n) is 4.68. The van der Waals surface area contributed by atoms with Gasteiger partial charge in [-0.2, -0.15) is 0 Å². The van der Waals surface area contributed by atoms with Gasteiger partial charge in [0.1, 0.15) is 41.9 Å². The number of Topliss-reactive ketones (excluding diaryl/α,β-unsaturated/α-hetero) is 1. The minimum Gasteiger partial charge on any atom is -0.461 e. The van der Waals surface area contributed by atoms with E-state index in [1.807, 2.05) is 30.3 Å². The lowest BCUT2D eigenvalue weighted by molar-refractivity contribution is -0.145. The summed E-state index contributed by atoms with van der Waals surface area (Å²) in [6.07, 6.45) is 2.91. The fraction of sp³-hybridized carbons (Fsp3) is 0.545. The highest BCUT2D eigenvalue weighted by Gasteiger charge is 2.44. The molecule has 1 aliphatic heterocycles. The Labute approximate surface area is 285 Å².